The van der Waals surface area contributed by atoms with Crippen LogP contribution in [0.15, 0.2) is 24.4 Å². The van der Waals surface area contributed by atoms with Gasteiger partial charge in [-0.1, -0.05) is 6.07 Å². The maximum atomic E-state index is 10.8. The number of aromatic nitrogens is 1. The molecule has 1 atom stereocenters. The summed E-state index contributed by atoms with van der Waals surface area (Å²) in [5.74, 6) is -0.943. The molecule has 0 aliphatic carbocycles. The summed E-state index contributed by atoms with van der Waals surface area (Å²) in [5.41, 5.74) is 9.23. The summed E-state index contributed by atoms with van der Waals surface area (Å²) >= 11 is 0. The zero-order valence-electron chi connectivity index (χ0n) is 10.1. The van der Waals surface area contributed by atoms with E-state index in [9.17, 15) is 4.79 Å². The highest BCUT2D eigenvalue weighted by atomic mass is 16.4. The van der Waals surface area contributed by atoms with Crippen LogP contribution in [-0.4, -0.2) is 21.7 Å². The second kappa shape index (κ2) is 4.14. The van der Waals surface area contributed by atoms with E-state index in [-0.39, 0.29) is 0 Å². The normalized spacial score (nSPS) is 15.8. The third-order valence-corrected chi connectivity index (χ3v) is 3.62. The number of nitrogens with two attached hydrogens (primary N) is 1. The summed E-state index contributed by atoms with van der Waals surface area (Å²) in [6.07, 6.45) is 4.71. The van der Waals surface area contributed by atoms with Crippen LogP contribution in [-0.2, 0) is 24.2 Å². The van der Waals surface area contributed by atoms with Crippen LogP contribution in [0.3, 0.4) is 0 Å². The molecule has 4 heteroatoms. The molecule has 0 bridgehead atoms. The van der Waals surface area contributed by atoms with Crippen LogP contribution in [0.2, 0.25) is 0 Å². The van der Waals surface area contributed by atoms with E-state index in [1.807, 2.05) is 0 Å². The third-order valence-electron chi connectivity index (χ3n) is 3.62. The SMILES string of the molecule is NC(Cc1cc2c3c(ccn3CCC2)c1)C(=O)O. The number of hydrogen-bond donors (Lipinski definition) is 2. The lowest BCUT2D eigenvalue weighted by Gasteiger charge is -2.17. The summed E-state index contributed by atoms with van der Waals surface area (Å²) in [5, 5.41) is 10.1. The molecule has 1 unspecified atom stereocenters. The maximum Gasteiger partial charge on any atom is 0.320 e. The van der Waals surface area contributed by atoms with E-state index in [1.54, 1.807) is 0 Å². The number of hydrogen-bond acceptors (Lipinski definition) is 2. The Hall–Kier alpha value is -1.81. The Kier molecular flexibility index (Phi) is 2.59. The van der Waals surface area contributed by atoms with Crippen LogP contribution in [0.4, 0.5) is 0 Å². The zero-order valence-corrected chi connectivity index (χ0v) is 10.1. The molecule has 18 heavy (non-hydrogen) atoms. The number of carboxylic acids is 1. The molecular formula is C14H16N2O2. The summed E-state index contributed by atoms with van der Waals surface area (Å²) in [6.45, 7) is 1.07. The van der Waals surface area contributed by atoms with E-state index in [2.05, 4.69) is 29.0 Å². The van der Waals surface area contributed by atoms with Crippen LogP contribution in [0.5, 0.6) is 0 Å². The lowest BCUT2D eigenvalue weighted by molar-refractivity contribution is -0.138. The van der Waals surface area contributed by atoms with Crippen molar-refractivity contribution >= 4 is 16.9 Å². The first-order valence-electron chi connectivity index (χ1n) is 6.24. The van der Waals surface area contributed by atoms with E-state index in [0.29, 0.717) is 6.42 Å². The Morgan fingerprint density at radius 3 is 3.11 bits per heavy atom. The van der Waals surface area contributed by atoms with Gasteiger partial charge in [0.15, 0.2) is 0 Å². The van der Waals surface area contributed by atoms with Crippen LogP contribution in [0.1, 0.15) is 17.5 Å². The molecule has 3 rings (SSSR count). The number of aryl methyl sites for hydroxylation is 2. The van der Waals surface area contributed by atoms with Gasteiger partial charge in [-0.15, -0.1) is 0 Å². The fraction of sp³-hybridized carbons (Fsp3) is 0.357. The van der Waals surface area contributed by atoms with Gasteiger partial charge in [-0.05, 0) is 42.5 Å². The topological polar surface area (TPSA) is 68.2 Å². The van der Waals surface area contributed by atoms with E-state index < -0.39 is 12.0 Å². The van der Waals surface area contributed by atoms with E-state index in [1.165, 1.54) is 16.5 Å². The lowest BCUT2D eigenvalue weighted by atomic mass is 9.97. The molecule has 3 N–H and O–H groups in total. The first-order valence-corrected chi connectivity index (χ1v) is 6.24. The van der Waals surface area contributed by atoms with Crippen molar-refractivity contribution in [2.24, 2.45) is 5.73 Å². The molecule has 1 aliphatic heterocycles. The number of benzene rings is 1. The Labute approximate surface area is 105 Å². The van der Waals surface area contributed by atoms with Gasteiger partial charge in [0.1, 0.15) is 6.04 Å². The van der Waals surface area contributed by atoms with Crippen molar-refractivity contribution < 1.29 is 9.90 Å². The van der Waals surface area contributed by atoms with Gasteiger partial charge in [0.05, 0.1) is 5.52 Å². The number of nitrogens with zero attached hydrogens (tertiary/aromatic N) is 1. The Balaban J connectivity index is 2.02. The van der Waals surface area contributed by atoms with E-state index in [0.717, 1.165) is 24.9 Å². The van der Waals surface area contributed by atoms with Crippen molar-refractivity contribution in [3.63, 3.8) is 0 Å². The zero-order chi connectivity index (χ0) is 12.7. The minimum atomic E-state index is -0.943. The largest absolute Gasteiger partial charge is 0.480 e. The van der Waals surface area contributed by atoms with Crippen molar-refractivity contribution in [2.75, 3.05) is 0 Å². The standard InChI is InChI=1S/C14H16N2O2/c15-12(14(17)18)8-9-6-10-2-1-4-16-5-3-11(7-9)13(10)16/h3,5-7,12H,1-2,4,8,15H2,(H,17,18). The summed E-state index contributed by atoms with van der Waals surface area (Å²) in [7, 11) is 0. The molecule has 1 aliphatic rings. The first kappa shape index (κ1) is 11.3. The molecule has 0 saturated carbocycles. The Bertz CT molecular complexity index is 616. The monoisotopic (exact) mass is 244 g/mol. The highest BCUT2D eigenvalue weighted by molar-refractivity contribution is 5.85. The van der Waals surface area contributed by atoms with E-state index in [4.69, 9.17) is 10.8 Å². The van der Waals surface area contributed by atoms with Crippen molar-refractivity contribution in [2.45, 2.75) is 31.8 Å². The predicted molar refractivity (Wildman–Crippen MR) is 69.6 cm³/mol. The molecule has 4 nitrogen and oxygen atoms in total. The molecule has 0 fully saturated rings. The average Bonchev–Trinajstić information content (AvgIpc) is 2.74. The molecule has 0 amide bonds. The minimum Gasteiger partial charge on any atom is -0.480 e. The Morgan fingerprint density at radius 1 is 1.50 bits per heavy atom. The van der Waals surface area contributed by atoms with Crippen LogP contribution < -0.4 is 5.73 Å². The van der Waals surface area contributed by atoms with Gasteiger partial charge >= 0.3 is 5.97 Å². The smallest absolute Gasteiger partial charge is 0.320 e. The molecule has 2 heterocycles. The molecule has 1 aromatic heterocycles. The Morgan fingerprint density at radius 2 is 2.33 bits per heavy atom. The predicted octanol–water partition coefficient (Wildman–Crippen LogP) is 1.54. The van der Waals surface area contributed by atoms with Gasteiger partial charge in [-0.2, -0.15) is 0 Å². The van der Waals surface area contributed by atoms with Gasteiger partial charge in [0.2, 0.25) is 0 Å². The number of carbonyl (C=O) groups is 1. The van der Waals surface area contributed by atoms with Crippen molar-refractivity contribution in [1.82, 2.24) is 4.57 Å². The van der Waals surface area contributed by atoms with Gasteiger partial charge in [-0.25, -0.2) is 0 Å². The van der Waals surface area contributed by atoms with Gasteiger partial charge in [-0.3, -0.25) is 4.79 Å². The molecule has 0 spiro atoms. The van der Waals surface area contributed by atoms with Gasteiger partial charge < -0.3 is 15.4 Å². The molecular weight excluding hydrogens is 228 g/mol. The van der Waals surface area contributed by atoms with Crippen LogP contribution >= 0.6 is 0 Å². The van der Waals surface area contributed by atoms with Crippen LogP contribution in [0, 0.1) is 0 Å². The third kappa shape index (κ3) is 1.78. The quantitative estimate of drug-likeness (QED) is 0.860. The highest BCUT2D eigenvalue weighted by Gasteiger charge is 2.16. The van der Waals surface area contributed by atoms with Crippen LogP contribution in [0.25, 0.3) is 10.9 Å². The highest BCUT2D eigenvalue weighted by Crippen LogP contribution is 2.28. The fourth-order valence-electron chi connectivity index (χ4n) is 2.79. The fourth-order valence-corrected chi connectivity index (χ4v) is 2.79. The maximum absolute atomic E-state index is 10.8. The number of aliphatic carboxylic acids is 1. The minimum absolute atomic E-state index is 0.392. The summed E-state index contributed by atoms with van der Waals surface area (Å²) < 4.78 is 2.27. The van der Waals surface area contributed by atoms with Gasteiger partial charge in [0.25, 0.3) is 0 Å². The molecule has 0 saturated heterocycles. The summed E-state index contributed by atoms with van der Waals surface area (Å²) in [6, 6.07) is 5.45. The van der Waals surface area contributed by atoms with Crippen molar-refractivity contribution in [3.05, 3.63) is 35.5 Å². The summed E-state index contributed by atoms with van der Waals surface area (Å²) in [4.78, 5) is 10.8. The molecule has 94 valence electrons. The van der Waals surface area contributed by atoms with Crippen molar-refractivity contribution in [1.29, 1.82) is 0 Å². The number of rotatable bonds is 3. The first-order chi connectivity index (χ1) is 8.65. The van der Waals surface area contributed by atoms with Gasteiger partial charge in [0, 0.05) is 18.1 Å². The van der Waals surface area contributed by atoms with E-state index >= 15 is 0 Å². The average molecular weight is 244 g/mol. The number of carboxylic acid groups (broad SMARTS) is 1. The lowest BCUT2D eigenvalue weighted by Crippen LogP contribution is -2.32. The van der Waals surface area contributed by atoms with Crippen molar-refractivity contribution in [3.8, 4) is 0 Å². The second-order valence-electron chi connectivity index (χ2n) is 4.95. The molecule has 1 aromatic carbocycles. The molecule has 0 radical (unpaired) electrons. The molecule has 2 aromatic rings. The second-order valence-corrected chi connectivity index (χ2v) is 4.95.